The molecule has 1 saturated carbocycles. The molecule has 1 aliphatic carbocycles. The summed E-state index contributed by atoms with van der Waals surface area (Å²) in [4.78, 5) is 52.5. The lowest BCUT2D eigenvalue weighted by Crippen LogP contribution is -2.49. The van der Waals surface area contributed by atoms with Crippen LogP contribution >= 0.6 is 11.6 Å². The smallest absolute Gasteiger partial charge is 0.329 e. The number of imide groups is 1. The standard InChI is InChI=1S/C43H46ClF4N11O4/c1-55-30-6-5-25(17-26(30)34-36(40(55)61)63-21-43(47,48)37(52-34)24-3-4-24)50-38-28(44)19-49-41(53-38)58-14-7-22(8-15-58)20-57-12-9-23(10-13-57)32-29(45)18-27-35(33(32)46)56(2)54-39(27)59-16-11-31(60)51-42(59)62/h5-6,17-19,22-24,37,52H,3-4,7-16,20-21H2,1-2H3,(H,49,50,53)(H,51,60,62). The fourth-order valence-electron chi connectivity index (χ4n) is 9.80. The van der Waals surface area contributed by atoms with Crippen molar-refractivity contribution < 1.29 is 31.9 Å². The maximum absolute atomic E-state index is 16.2. The van der Waals surface area contributed by atoms with Gasteiger partial charge in [-0.15, -0.1) is 0 Å². The first-order chi connectivity index (χ1) is 30.2. The summed E-state index contributed by atoms with van der Waals surface area (Å²) in [6.45, 7) is 2.88. The van der Waals surface area contributed by atoms with E-state index >= 15 is 17.6 Å². The van der Waals surface area contributed by atoms with E-state index in [1.165, 1.54) is 20.2 Å². The molecule has 3 saturated heterocycles. The number of piperidine rings is 2. The van der Waals surface area contributed by atoms with Gasteiger partial charge in [0.2, 0.25) is 17.6 Å². The van der Waals surface area contributed by atoms with Crippen molar-refractivity contribution in [3.8, 4) is 5.75 Å². The molecule has 10 rings (SSSR count). The Morgan fingerprint density at radius 1 is 0.968 bits per heavy atom. The Kier molecular flexibility index (Phi) is 10.4. The number of carbonyl (C=O) groups excluding carboxylic acids is 2. The highest BCUT2D eigenvalue weighted by molar-refractivity contribution is 6.33. The summed E-state index contributed by atoms with van der Waals surface area (Å²) in [7, 11) is 3.14. The van der Waals surface area contributed by atoms with Gasteiger partial charge in [-0.1, -0.05) is 11.6 Å². The van der Waals surface area contributed by atoms with Crippen molar-refractivity contribution in [3.63, 3.8) is 0 Å². The number of nitrogens with one attached hydrogen (secondary N) is 3. The summed E-state index contributed by atoms with van der Waals surface area (Å²) in [6, 6.07) is 4.73. The highest BCUT2D eigenvalue weighted by Crippen LogP contribution is 2.46. The predicted octanol–water partition coefficient (Wildman–Crippen LogP) is 6.65. The van der Waals surface area contributed by atoms with E-state index in [-0.39, 0.29) is 58.5 Å². The first kappa shape index (κ1) is 41.3. The summed E-state index contributed by atoms with van der Waals surface area (Å²) in [6.07, 6.45) is 5.94. The number of halogens is 5. The maximum Gasteiger partial charge on any atom is 0.329 e. The number of aryl methyl sites for hydroxylation is 2. The van der Waals surface area contributed by atoms with Crippen molar-refractivity contribution in [2.75, 3.05) is 66.3 Å². The van der Waals surface area contributed by atoms with Crippen molar-refractivity contribution >= 4 is 74.3 Å². The van der Waals surface area contributed by atoms with Gasteiger partial charge in [0.15, 0.2) is 24.1 Å². The van der Waals surface area contributed by atoms with E-state index in [4.69, 9.17) is 21.3 Å². The van der Waals surface area contributed by atoms with E-state index in [2.05, 4.69) is 35.8 Å². The van der Waals surface area contributed by atoms with E-state index in [1.807, 2.05) is 0 Å². The minimum atomic E-state index is -3.15. The fraction of sp³-hybridized carbons (Fsp3) is 0.488. The predicted molar refractivity (Wildman–Crippen MR) is 230 cm³/mol. The molecule has 0 radical (unpaired) electrons. The number of hydrogen-bond donors (Lipinski definition) is 3. The average Bonchev–Trinajstić information content (AvgIpc) is 4.06. The molecule has 4 aliphatic heterocycles. The van der Waals surface area contributed by atoms with Crippen molar-refractivity contribution in [2.24, 2.45) is 25.9 Å². The monoisotopic (exact) mass is 891 g/mol. The molecule has 3 amide bonds. The van der Waals surface area contributed by atoms with Gasteiger partial charge in [-0.3, -0.25) is 24.5 Å². The van der Waals surface area contributed by atoms with Crippen molar-refractivity contribution in [1.29, 1.82) is 0 Å². The molecule has 0 bridgehead atoms. The largest absolute Gasteiger partial charge is 0.480 e. The van der Waals surface area contributed by atoms with Crippen LogP contribution in [-0.2, 0) is 18.9 Å². The number of fused-ring (bicyclic) bond motifs is 4. The van der Waals surface area contributed by atoms with E-state index in [1.54, 1.807) is 38.5 Å². The Balaban J connectivity index is 0.777. The van der Waals surface area contributed by atoms with Crippen LogP contribution in [0.3, 0.4) is 0 Å². The lowest BCUT2D eigenvalue weighted by atomic mass is 9.87. The summed E-state index contributed by atoms with van der Waals surface area (Å²) >= 11 is 6.61. The van der Waals surface area contributed by atoms with Gasteiger partial charge in [0, 0.05) is 63.3 Å². The minimum absolute atomic E-state index is 0.0444. The third kappa shape index (κ3) is 7.55. The van der Waals surface area contributed by atoms with Crippen LogP contribution < -0.4 is 36.0 Å². The van der Waals surface area contributed by atoms with Gasteiger partial charge >= 0.3 is 12.0 Å². The minimum Gasteiger partial charge on any atom is -0.480 e. The molecule has 5 aromatic rings. The maximum atomic E-state index is 16.2. The number of alkyl halides is 2. The van der Waals surface area contributed by atoms with Crippen LogP contribution in [0.4, 0.5) is 51.3 Å². The normalized spacial score (nSPS) is 21.3. The van der Waals surface area contributed by atoms with Crippen LogP contribution in [-0.4, -0.2) is 99.0 Å². The number of benzene rings is 2. The molecule has 1 atom stereocenters. The number of anilines is 5. The third-order valence-corrected chi connectivity index (χ3v) is 13.6. The number of carbonyl (C=O) groups is 2. The molecule has 0 spiro atoms. The van der Waals surface area contributed by atoms with Crippen LogP contribution in [0.1, 0.15) is 56.4 Å². The Labute approximate surface area is 363 Å². The molecule has 15 nitrogen and oxygen atoms in total. The molecule has 4 fully saturated rings. The van der Waals surface area contributed by atoms with Gasteiger partial charge in [0.05, 0.1) is 28.8 Å². The number of pyridine rings is 1. The molecule has 1 unspecified atom stereocenters. The number of likely N-dealkylation sites (tertiary alicyclic amines) is 1. The van der Waals surface area contributed by atoms with Gasteiger partial charge in [-0.05, 0) is 93.6 Å². The van der Waals surface area contributed by atoms with E-state index in [0.29, 0.717) is 78.1 Å². The van der Waals surface area contributed by atoms with Crippen LogP contribution in [0.25, 0.3) is 21.8 Å². The number of rotatable bonds is 8. The number of amides is 3. The third-order valence-electron chi connectivity index (χ3n) is 13.4. The number of urea groups is 1. The quantitative estimate of drug-likeness (QED) is 0.144. The highest BCUT2D eigenvalue weighted by atomic mass is 35.5. The molecule has 3 N–H and O–H groups in total. The van der Waals surface area contributed by atoms with Crippen LogP contribution in [0.2, 0.25) is 5.02 Å². The fourth-order valence-corrected chi connectivity index (χ4v) is 9.94. The molecule has 63 heavy (non-hydrogen) atoms. The van der Waals surface area contributed by atoms with E-state index < -0.39 is 47.7 Å². The first-order valence-electron chi connectivity index (χ1n) is 21.4. The Bertz CT molecular complexity index is 2730. The Hall–Kier alpha value is -5.69. The molecule has 5 aliphatic rings. The zero-order valence-corrected chi connectivity index (χ0v) is 35.5. The van der Waals surface area contributed by atoms with Gasteiger partial charge < -0.3 is 29.7 Å². The molecule has 2 aromatic carbocycles. The summed E-state index contributed by atoms with van der Waals surface area (Å²) in [5, 5.41) is 13.9. The molecular weight excluding hydrogens is 846 g/mol. The van der Waals surface area contributed by atoms with E-state index in [0.717, 1.165) is 32.5 Å². The number of aromatic nitrogens is 5. The van der Waals surface area contributed by atoms with Crippen molar-refractivity contribution in [1.82, 2.24) is 34.5 Å². The van der Waals surface area contributed by atoms with Gasteiger partial charge in [0.1, 0.15) is 16.4 Å². The Morgan fingerprint density at radius 2 is 1.73 bits per heavy atom. The highest BCUT2D eigenvalue weighted by Gasteiger charge is 2.51. The topological polar surface area (TPSA) is 155 Å². The second-order valence-electron chi connectivity index (χ2n) is 17.5. The van der Waals surface area contributed by atoms with Crippen LogP contribution in [0, 0.1) is 23.5 Å². The summed E-state index contributed by atoms with van der Waals surface area (Å²) in [5.41, 5.74) is 1.05. The lowest BCUT2D eigenvalue weighted by Gasteiger charge is -2.38. The van der Waals surface area contributed by atoms with E-state index in [9.17, 15) is 14.4 Å². The molecule has 7 heterocycles. The average molecular weight is 892 g/mol. The second kappa shape index (κ2) is 15.8. The zero-order chi connectivity index (χ0) is 43.9. The summed E-state index contributed by atoms with van der Waals surface area (Å²) in [5.74, 6) is -4.15. The Morgan fingerprint density at radius 3 is 2.46 bits per heavy atom. The zero-order valence-electron chi connectivity index (χ0n) is 34.7. The van der Waals surface area contributed by atoms with Crippen molar-refractivity contribution in [2.45, 2.75) is 62.8 Å². The van der Waals surface area contributed by atoms with Crippen molar-refractivity contribution in [3.05, 3.63) is 63.0 Å². The number of hydrogen-bond acceptors (Lipinski definition) is 11. The van der Waals surface area contributed by atoms with Gasteiger partial charge in [-0.25, -0.2) is 27.3 Å². The second-order valence-corrected chi connectivity index (χ2v) is 17.9. The summed E-state index contributed by atoms with van der Waals surface area (Å²) < 4.78 is 70.5. The molecule has 3 aromatic heterocycles. The number of ether oxygens (including phenoxy) is 1. The SMILES string of the molecule is Cn1nc(N2CCC(=O)NC2=O)c2cc(F)c(C3CCN(CC4CCN(c5ncc(Cl)c(Nc6ccc7c(c6)c6c(c(=O)n7C)OCC(F)(F)C(C7CC7)N6)n5)CC4)CC3)c(F)c21. The molecule has 332 valence electrons. The van der Waals surface area contributed by atoms with Gasteiger partial charge in [0.25, 0.3) is 5.56 Å². The van der Waals surface area contributed by atoms with Gasteiger partial charge in [-0.2, -0.15) is 10.1 Å². The number of nitrogens with zero attached hydrogens (tertiary/aromatic N) is 8. The van der Waals surface area contributed by atoms with Crippen LogP contribution in [0.15, 0.2) is 35.3 Å². The first-order valence-corrected chi connectivity index (χ1v) is 21.8. The lowest BCUT2D eigenvalue weighted by molar-refractivity contribution is -0.120. The molecular formula is C43H46ClF4N11O4. The van der Waals surface area contributed by atoms with Crippen LogP contribution in [0.5, 0.6) is 5.75 Å². The molecule has 20 heteroatoms.